The van der Waals surface area contributed by atoms with Crippen molar-refractivity contribution in [2.45, 2.75) is 12.5 Å². The number of carbonyl (C=O) groups excluding carboxylic acids is 1. The van der Waals surface area contributed by atoms with Gasteiger partial charge in [0.05, 0.1) is 12.0 Å². The zero-order valence-corrected chi connectivity index (χ0v) is 14.1. The summed E-state index contributed by atoms with van der Waals surface area (Å²) in [5, 5.41) is 6.61. The van der Waals surface area contributed by atoms with Crippen molar-refractivity contribution >= 4 is 23.2 Å². The van der Waals surface area contributed by atoms with Gasteiger partial charge < -0.3 is 4.42 Å². The first-order valence-corrected chi connectivity index (χ1v) is 8.35. The minimum atomic E-state index is -0.267. The Hall–Kier alpha value is -2.85. The molecule has 2 heterocycles. The first kappa shape index (κ1) is 15.7. The van der Waals surface area contributed by atoms with Crippen molar-refractivity contribution in [3.8, 4) is 0 Å². The van der Waals surface area contributed by atoms with Crippen molar-refractivity contribution < 1.29 is 9.21 Å². The van der Waals surface area contributed by atoms with Gasteiger partial charge in [0, 0.05) is 17.0 Å². The zero-order chi connectivity index (χ0) is 17.2. The molecule has 0 radical (unpaired) electrons. The smallest absolute Gasteiger partial charge is 0.274 e. The van der Waals surface area contributed by atoms with Gasteiger partial charge in [-0.05, 0) is 35.9 Å². The molecule has 25 heavy (non-hydrogen) atoms. The Morgan fingerprint density at radius 1 is 1.08 bits per heavy atom. The third-order valence-electron chi connectivity index (χ3n) is 4.17. The van der Waals surface area contributed by atoms with Gasteiger partial charge in [-0.1, -0.05) is 48.0 Å². The molecule has 1 amide bonds. The molecule has 3 aromatic rings. The molecule has 1 aliphatic heterocycles. The number of hydrazone groups is 1. The van der Waals surface area contributed by atoms with Gasteiger partial charge in [-0.3, -0.25) is 4.79 Å². The summed E-state index contributed by atoms with van der Waals surface area (Å²) >= 11 is 6.03. The van der Waals surface area contributed by atoms with E-state index in [0.29, 0.717) is 22.8 Å². The Kier molecular flexibility index (Phi) is 4.12. The van der Waals surface area contributed by atoms with Gasteiger partial charge in [-0.15, -0.1) is 0 Å². The molecule has 0 bridgehead atoms. The molecule has 0 saturated carbocycles. The lowest BCUT2D eigenvalue weighted by atomic mass is 10.0. The Morgan fingerprint density at radius 3 is 2.64 bits per heavy atom. The average Bonchev–Trinajstić information content (AvgIpc) is 3.31. The molecule has 4 rings (SSSR count). The highest BCUT2D eigenvalue weighted by molar-refractivity contribution is 6.31. The SMILES string of the molecule is O=C(c1cccc(Cl)c1)N1N=C(c2ccccc2)C[C@H]1c1ccco1. The average molecular weight is 351 g/mol. The van der Waals surface area contributed by atoms with Crippen LogP contribution < -0.4 is 0 Å². The van der Waals surface area contributed by atoms with Gasteiger partial charge in [-0.25, -0.2) is 5.01 Å². The number of carbonyl (C=O) groups is 1. The van der Waals surface area contributed by atoms with E-state index >= 15 is 0 Å². The van der Waals surface area contributed by atoms with Crippen molar-refractivity contribution in [3.63, 3.8) is 0 Å². The number of halogens is 1. The van der Waals surface area contributed by atoms with E-state index in [2.05, 4.69) is 5.10 Å². The maximum absolute atomic E-state index is 13.0. The van der Waals surface area contributed by atoms with Gasteiger partial charge in [0.1, 0.15) is 11.8 Å². The van der Waals surface area contributed by atoms with Gasteiger partial charge in [0.25, 0.3) is 5.91 Å². The van der Waals surface area contributed by atoms with Crippen LogP contribution in [0, 0.1) is 0 Å². The minimum absolute atomic E-state index is 0.199. The fourth-order valence-electron chi connectivity index (χ4n) is 2.96. The van der Waals surface area contributed by atoms with E-state index in [0.717, 1.165) is 11.3 Å². The lowest BCUT2D eigenvalue weighted by molar-refractivity contribution is 0.0693. The maximum atomic E-state index is 13.0. The molecule has 124 valence electrons. The summed E-state index contributed by atoms with van der Waals surface area (Å²) in [6.45, 7) is 0. The maximum Gasteiger partial charge on any atom is 0.274 e. The minimum Gasteiger partial charge on any atom is -0.467 e. The molecular weight excluding hydrogens is 336 g/mol. The molecule has 5 heteroatoms. The first-order valence-electron chi connectivity index (χ1n) is 7.98. The van der Waals surface area contributed by atoms with Crippen molar-refractivity contribution in [1.82, 2.24) is 5.01 Å². The quantitative estimate of drug-likeness (QED) is 0.672. The fraction of sp³-hybridized carbons (Fsp3) is 0.100. The van der Waals surface area contributed by atoms with E-state index in [1.165, 1.54) is 5.01 Å². The topological polar surface area (TPSA) is 45.8 Å². The van der Waals surface area contributed by atoms with E-state index in [9.17, 15) is 4.79 Å². The monoisotopic (exact) mass is 350 g/mol. The van der Waals surface area contributed by atoms with Crippen molar-refractivity contribution in [3.05, 3.63) is 94.9 Å². The normalized spacial score (nSPS) is 16.8. The van der Waals surface area contributed by atoms with Crippen LogP contribution >= 0.6 is 11.6 Å². The molecule has 1 aromatic heterocycles. The molecule has 1 atom stereocenters. The molecule has 0 unspecified atom stereocenters. The van der Waals surface area contributed by atoms with Crippen LogP contribution in [0.25, 0.3) is 0 Å². The molecule has 0 spiro atoms. The predicted octanol–water partition coefficient (Wildman–Crippen LogP) is 4.92. The highest BCUT2D eigenvalue weighted by atomic mass is 35.5. The van der Waals surface area contributed by atoms with Gasteiger partial charge >= 0.3 is 0 Å². The van der Waals surface area contributed by atoms with Gasteiger partial charge in [-0.2, -0.15) is 5.10 Å². The molecule has 0 fully saturated rings. The van der Waals surface area contributed by atoms with E-state index in [4.69, 9.17) is 16.0 Å². The van der Waals surface area contributed by atoms with Gasteiger partial charge in [0.15, 0.2) is 0 Å². The zero-order valence-electron chi connectivity index (χ0n) is 13.3. The first-order chi connectivity index (χ1) is 12.2. The summed E-state index contributed by atoms with van der Waals surface area (Å²) in [4.78, 5) is 13.0. The number of rotatable bonds is 3. The summed E-state index contributed by atoms with van der Waals surface area (Å²) in [5.74, 6) is 0.514. The second kappa shape index (κ2) is 6.57. The molecule has 0 aliphatic carbocycles. The number of benzene rings is 2. The molecular formula is C20H15ClN2O2. The van der Waals surface area contributed by atoms with Crippen LogP contribution in [0.3, 0.4) is 0 Å². The van der Waals surface area contributed by atoms with Crippen molar-refractivity contribution in [2.75, 3.05) is 0 Å². The summed E-state index contributed by atoms with van der Waals surface area (Å²) in [6, 6.07) is 20.2. The fourth-order valence-corrected chi connectivity index (χ4v) is 3.15. The van der Waals surface area contributed by atoms with Crippen LogP contribution in [0.15, 0.2) is 82.5 Å². The Morgan fingerprint density at radius 2 is 1.92 bits per heavy atom. The summed E-state index contributed by atoms with van der Waals surface area (Å²) < 4.78 is 5.55. The van der Waals surface area contributed by atoms with Crippen molar-refractivity contribution in [2.24, 2.45) is 5.10 Å². The van der Waals surface area contributed by atoms with Crippen LogP contribution in [0.4, 0.5) is 0 Å². The molecule has 0 N–H and O–H groups in total. The number of hydrogen-bond acceptors (Lipinski definition) is 3. The second-order valence-electron chi connectivity index (χ2n) is 5.81. The molecule has 2 aromatic carbocycles. The molecule has 0 saturated heterocycles. The number of amides is 1. The Balaban J connectivity index is 1.72. The molecule has 1 aliphatic rings. The summed E-state index contributed by atoms with van der Waals surface area (Å²) in [7, 11) is 0. The third-order valence-corrected chi connectivity index (χ3v) is 4.40. The Bertz CT molecular complexity index is 920. The standard InChI is InChI=1S/C20H15ClN2O2/c21-16-9-4-8-15(12-16)20(24)23-18(19-10-5-11-25-19)13-17(22-23)14-6-2-1-3-7-14/h1-12,18H,13H2/t18-/m0/s1. The van der Waals surface area contributed by atoms with E-state index in [1.807, 2.05) is 42.5 Å². The van der Waals surface area contributed by atoms with Crippen LogP contribution in [0.5, 0.6) is 0 Å². The second-order valence-corrected chi connectivity index (χ2v) is 6.24. The van der Waals surface area contributed by atoms with Crippen molar-refractivity contribution in [1.29, 1.82) is 0 Å². The summed E-state index contributed by atoms with van der Waals surface area (Å²) in [5.41, 5.74) is 2.36. The largest absolute Gasteiger partial charge is 0.467 e. The third kappa shape index (κ3) is 3.08. The van der Waals surface area contributed by atoms with Crippen LogP contribution in [0.1, 0.15) is 34.1 Å². The van der Waals surface area contributed by atoms with Crippen LogP contribution in [-0.2, 0) is 0 Å². The lowest BCUT2D eigenvalue weighted by Crippen LogP contribution is -2.26. The van der Waals surface area contributed by atoms with E-state index < -0.39 is 0 Å². The lowest BCUT2D eigenvalue weighted by Gasteiger charge is -2.20. The number of nitrogens with zero attached hydrogens (tertiary/aromatic N) is 2. The number of hydrogen-bond donors (Lipinski definition) is 0. The number of furan rings is 1. The highest BCUT2D eigenvalue weighted by Gasteiger charge is 2.35. The van der Waals surface area contributed by atoms with E-state index in [1.54, 1.807) is 30.5 Å². The van der Waals surface area contributed by atoms with Gasteiger partial charge in [0.2, 0.25) is 0 Å². The van der Waals surface area contributed by atoms with E-state index in [-0.39, 0.29) is 11.9 Å². The summed E-state index contributed by atoms with van der Waals surface area (Å²) in [6.07, 6.45) is 2.21. The Labute approximate surface area is 150 Å². The van der Waals surface area contributed by atoms with Crippen LogP contribution in [0.2, 0.25) is 5.02 Å². The van der Waals surface area contributed by atoms with Crippen LogP contribution in [-0.4, -0.2) is 16.6 Å². The predicted molar refractivity (Wildman–Crippen MR) is 96.7 cm³/mol. The highest BCUT2D eigenvalue weighted by Crippen LogP contribution is 2.34. The molecule has 4 nitrogen and oxygen atoms in total.